The second-order valence-electron chi connectivity index (χ2n) is 2.80. The van der Waals surface area contributed by atoms with E-state index in [2.05, 4.69) is 31.3 Å². The fraction of sp³-hybridized carbons (Fsp3) is 0.714. The van der Waals surface area contributed by atoms with E-state index in [0.717, 1.165) is 19.1 Å². The molecule has 1 aromatic rings. The van der Waals surface area contributed by atoms with E-state index >= 15 is 0 Å². The van der Waals surface area contributed by atoms with Crippen molar-refractivity contribution < 1.29 is 9.22 Å². The predicted molar refractivity (Wildman–Crippen MR) is 58.0 cm³/mol. The van der Waals surface area contributed by atoms with E-state index in [-0.39, 0.29) is 12.0 Å². The summed E-state index contributed by atoms with van der Waals surface area (Å²) in [7, 11) is 0.503. The highest BCUT2D eigenvalue weighted by atomic mass is 28.2. The minimum Gasteiger partial charge on any atom is -0.418 e. The lowest BCUT2D eigenvalue weighted by molar-refractivity contribution is 0.252. The first-order valence-electron chi connectivity index (χ1n) is 4.96. The largest absolute Gasteiger partial charge is 0.418 e. The van der Waals surface area contributed by atoms with E-state index in [0.29, 0.717) is 16.3 Å². The zero-order valence-electron chi connectivity index (χ0n) is 8.99. The molecule has 0 aliphatic rings. The summed E-state index contributed by atoms with van der Waals surface area (Å²) in [6.45, 7) is 3.30. The highest BCUT2D eigenvalue weighted by Crippen LogP contribution is 1.91. The van der Waals surface area contributed by atoms with Crippen molar-refractivity contribution in [3.63, 3.8) is 0 Å². The summed E-state index contributed by atoms with van der Waals surface area (Å²) < 4.78 is 5.19. The third-order valence-electron chi connectivity index (χ3n) is 1.56. The number of amides is 2. The number of hydrogen-bond acceptors (Lipinski definition) is 5. The molecule has 3 N–H and O–H groups in total. The molecule has 2 amide bonds. The number of urea groups is 1. The molecule has 1 aromatic heterocycles. The topological polar surface area (TPSA) is 105 Å². The molecule has 88 valence electrons. The Morgan fingerprint density at radius 2 is 2.50 bits per heavy atom. The molecule has 0 atom stereocenters. The Labute approximate surface area is 95.5 Å². The minimum atomic E-state index is -0.332. The van der Waals surface area contributed by atoms with E-state index in [1.54, 1.807) is 0 Å². The summed E-state index contributed by atoms with van der Waals surface area (Å²) in [5, 5.41) is 17.8. The van der Waals surface area contributed by atoms with Gasteiger partial charge in [0, 0.05) is 13.2 Å². The Hall–Kier alpha value is -1.48. The molecular formula is C7H14N6O2Si. The molecular weight excluding hydrogens is 228 g/mol. The predicted octanol–water partition coefficient (Wildman–Crippen LogP) is -0.215. The summed E-state index contributed by atoms with van der Waals surface area (Å²) >= 11 is 0. The van der Waals surface area contributed by atoms with Crippen LogP contribution >= 0.6 is 0 Å². The number of anilines is 1. The average Bonchev–Trinajstić information content (AvgIpc) is 2.76. The quantitative estimate of drug-likeness (QED) is 0.453. The van der Waals surface area contributed by atoms with Gasteiger partial charge in [0.2, 0.25) is 9.76 Å². The van der Waals surface area contributed by atoms with Gasteiger partial charge in [0.05, 0.1) is 0 Å². The Balaban J connectivity index is 1.98. The highest BCUT2D eigenvalue weighted by Gasteiger charge is 2.03. The molecule has 0 aromatic carbocycles. The molecule has 1 heterocycles. The van der Waals surface area contributed by atoms with E-state index < -0.39 is 0 Å². The molecule has 0 aliphatic heterocycles. The Morgan fingerprint density at radius 3 is 3.19 bits per heavy atom. The molecule has 0 fully saturated rings. The monoisotopic (exact) mass is 242 g/mol. The van der Waals surface area contributed by atoms with Crippen LogP contribution in [0.5, 0.6) is 0 Å². The molecule has 0 saturated heterocycles. The van der Waals surface area contributed by atoms with Gasteiger partial charge in [0.1, 0.15) is 0 Å². The van der Waals surface area contributed by atoms with Gasteiger partial charge >= 0.3 is 6.03 Å². The molecule has 0 aliphatic carbocycles. The smallest absolute Gasteiger partial charge is 0.321 e. The zero-order valence-corrected chi connectivity index (χ0v) is 9.99. The van der Waals surface area contributed by atoms with Crippen molar-refractivity contribution >= 4 is 21.7 Å². The second kappa shape index (κ2) is 7.76. The lowest BCUT2D eigenvalue weighted by Crippen LogP contribution is -2.30. The van der Waals surface area contributed by atoms with E-state index in [1.165, 1.54) is 0 Å². The van der Waals surface area contributed by atoms with Crippen molar-refractivity contribution in [2.75, 3.05) is 18.5 Å². The summed E-state index contributed by atoms with van der Waals surface area (Å²) in [4.78, 5) is 11.2. The number of H-pyrrole nitrogens is 1. The van der Waals surface area contributed by atoms with Crippen molar-refractivity contribution in [1.29, 1.82) is 0 Å². The summed E-state index contributed by atoms with van der Waals surface area (Å²) in [6, 6.07) is 0.622. The Morgan fingerprint density at radius 1 is 1.62 bits per heavy atom. The van der Waals surface area contributed by atoms with Crippen LogP contribution in [0.25, 0.3) is 0 Å². The molecule has 1 rings (SSSR count). The molecule has 2 radical (unpaired) electrons. The van der Waals surface area contributed by atoms with Gasteiger partial charge in [-0.05, 0) is 24.6 Å². The van der Waals surface area contributed by atoms with Gasteiger partial charge in [-0.3, -0.25) is 5.32 Å². The zero-order chi connectivity index (χ0) is 11.6. The number of carbonyl (C=O) groups excluding carboxylic acids is 1. The van der Waals surface area contributed by atoms with E-state index in [1.807, 2.05) is 6.92 Å². The summed E-state index contributed by atoms with van der Waals surface area (Å²) in [5.74, 6) is 0.161. The van der Waals surface area contributed by atoms with E-state index in [9.17, 15) is 4.79 Å². The second-order valence-corrected chi connectivity index (χ2v) is 3.87. The van der Waals surface area contributed by atoms with Gasteiger partial charge in [-0.1, -0.05) is 5.10 Å². The van der Waals surface area contributed by atoms with Crippen LogP contribution in [-0.2, 0) is 4.43 Å². The number of tetrazole rings is 1. The van der Waals surface area contributed by atoms with Crippen LogP contribution in [-0.4, -0.2) is 49.6 Å². The number of rotatable bonds is 7. The van der Waals surface area contributed by atoms with Crippen LogP contribution in [0.3, 0.4) is 0 Å². The Bertz CT molecular complexity index is 293. The minimum absolute atomic E-state index is 0.161. The van der Waals surface area contributed by atoms with Crippen molar-refractivity contribution in [3.8, 4) is 0 Å². The standard InChI is InChI=1S/C7H14N6O2Si/c1-2-15-16-5-3-4-8-7(14)9-6-10-12-13-11-6/h2-5H2,1H3,(H3,8,9,10,11,12,13,14). The van der Waals surface area contributed by atoms with Crippen LogP contribution in [0.15, 0.2) is 0 Å². The fourth-order valence-electron chi connectivity index (χ4n) is 0.897. The molecule has 9 heteroatoms. The van der Waals surface area contributed by atoms with Crippen molar-refractivity contribution in [2.45, 2.75) is 19.4 Å². The lowest BCUT2D eigenvalue weighted by atomic mass is 10.5. The van der Waals surface area contributed by atoms with Gasteiger partial charge in [0.25, 0.3) is 5.95 Å². The third-order valence-corrected chi connectivity index (χ3v) is 2.61. The first-order valence-corrected chi connectivity index (χ1v) is 6.07. The maximum Gasteiger partial charge on any atom is 0.321 e. The number of aromatic amines is 1. The number of hydrogen-bond donors (Lipinski definition) is 3. The van der Waals surface area contributed by atoms with Crippen LogP contribution < -0.4 is 10.6 Å². The van der Waals surface area contributed by atoms with Crippen LogP contribution in [0.4, 0.5) is 10.7 Å². The van der Waals surface area contributed by atoms with Crippen molar-refractivity contribution in [2.24, 2.45) is 0 Å². The SMILES string of the molecule is CCO[Si]CCCNC(=O)Nc1nn[nH]n1. The number of nitrogens with one attached hydrogen (secondary N) is 3. The first-order chi connectivity index (χ1) is 7.83. The molecule has 0 unspecified atom stereocenters. The third kappa shape index (κ3) is 5.41. The van der Waals surface area contributed by atoms with Crippen LogP contribution in [0.2, 0.25) is 6.04 Å². The Kier molecular flexibility index (Phi) is 6.11. The summed E-state index contributed by atoms with van der Waals surface area (Å²) in [6.07, 6.45) is 0.887. The molecule has 0 bridgehead atoms. The number of nitrogens with zero attached hydrogens (tertiary/aromatic N) is 3. The maximum atomic E-state index is 11.2. The van der Waals surface area contributed by atoms with Crippen LogP contribution in [0, 0.1) is 0 Å². The van der Waals surface area contributed by atoms with Gasteiger partial charge in [-0.2, -0.15) is 5.21 Å². The van der Waals surface area contributed by atoms with Gasteiger partial charge in [-0.25, -0.2) is 4.79 Å². The van der Waals surface area contributed by atoms with Crippen molar-refractivity contribution in [3.05, 3.63) is 0 Å². The maximum absolute atomic E-state index is 11.2. The first kappa shape index (κ1) is 12.6. The molecule has 16 heavy (non-hydrogen) atoms. The van der Waals surface area contributed by atoms with Crippen LogP contribution in [0.1, 0.15) is 13.3 Å². The van der Waals surface area contributed by atoms with Gasteiger partial charge in [0.15, 0.2) is 0 Å². The van der Waals surface area contributed by atoms with Gasteiger partial charge in [-0.15, -0.1) is 5.10 Å². The highest BCUT2D eigenvalue weighted by molar-refractivity contribution is 6.26. The fourth-order valence-corrected chi connectivity index (χ4v) is 1.57. The summed E-state index contributed by atoms with van der Waals surface area (Å²) in [5.41, 5.74) is 0. The normalized spacial score (nSPS) is 10.1. The molecule has 0 spiro atoms. The number of aromatic nitrogens is 4. The molecule has 8 nitrogen and oxygen atoms in total. The number of carbonyl (C=O) groups is 1. The van der Waals surface area contributed by atoms with Gasteiger partial charge < -0.3 is 9.74 Å². The lowest BCUT2D eigenvalue weighted by Gasteiger charge is -2.03. The molecule has 0 saturated carbocycles. The average molecular weight is 242 g/mol. The van der Waals surface area contributed by atoms with E-state index in [4.69, 9.17) is 4.43 Å². The van der Waals surface area contributed by atoms with Crippen molar-refractivity contribution in [1.82, 2.24) is 25.9 Å².